The highest BCUT2D eigenvalue weighted by Crippen LogP contribution is 2.32. The predicted octanol–water partition coefficient (Wildman–Crippen LogP) is 2.38. The molecule has 0 radical (unpaired) electrons. The van der Waals surface area contributed by atoms with Gasteiger partial charge in [-0.15, -0.1) is 0 Å². The first-order valence-corrected chi connectivity index (χ1v) is 7.10. The molecule has 0 aromatic heterocycles. The number of hydrogen-bond acceptors (Lipinski definition) is 6. The monoisotopic (exact) mass is 330 g/mol. The minimum absolute atomic E-state index is 0.0418. The first-order valence-electron chi connectivity index (χ1n) is 7.10. The van der Waals surface area contributed by atoms with E-state index in [0.29, 0.717) is 17.2 Å². The number of carbonyl (C=O) groups is 1. The summed E-state index contributed by atoms with van der Waals surface area (Å²) >= 11 is 0. The van der Waals surface area contributed by atoms with Crippen molar-refractivity contribution in [3.63, 3.8) is 0 Å². The Kier molecular flexibility index (Phi) is 4.19. The zero-order valence-corrected chi connectivity index (χ0v) is 12.7. The number of ether oxygens (including phenoxy) is 3. The normalized spacial score (nSPS) is 15.5. The quantitative estimate of drug-likeness (QED) is 0.682. The van der Waals surface area contributed by atoms with Crippen molar-refractivity contribution in [3.05, 3.63) is 52.6 Å². The van der Waals surface area contributed by atoms with Gasteiger partial charge in [-0.3, -0.25) is 14.9 Å². The standard InChI is InChI=1S/C16H14N2O6/c1-22-12-7-6-10(18(20)21)8-11(12)17-16(19)15-9-23-13-4-2-3-5-14(13)24-15/h2-8,15H,9H2,1H3,(H,17,19)/t15-/m1/s1. The van der Waals surface area contributed by atoms with Gasteiger partial charge in [0, 0.05) is 12.1 Å². The fourth-order valence-electron chi connectivity index (χ4n) is 2.27. The number of non-ortho nitro benzene ring substituents is 1. The highest BCUT2D eigenvalue weighted by molar-refractivity contribution is 5.96. The summed E-state index contributed by atoms with van der Waals surface area (Å²) in [5.41, 5.74) is 0.0383. The molecule has 0 bridgehead atoms. The Balaban J connectivity index is 1.78. The molecule has 0 saturated carbocycles. The third-order valence-corrected chi connectivity index (χ3v) is 3.45. The van der Waals surface area contributed by atoms with Crippen LogP contribution in [0.3, 0.4) is 0 Å². The number of benzene rings is 2. The van der Waals surface area contributed by atoms with E-state index >= 15 is 0 Å². The van der Waals surface area contributed by atoms with Crippen molar-refractivity contribution in [3.8, 4) is 17.2 Å². The van der Waals surface area contributed by atoms with Gasteiger partial charge in [0.2, 0.25) is 6.10 Å². The second kappa shape index (κ2) is 6.45. The number of amides is 1. The Morgan fingerprint density at radius 2 is 2.04 bits per heavy atom. The third kappa shape index (κ3) is 3.07. The molecule has 3 rings (SSSR count). The van der Waals surface area contributed by atoms with Gasteiger partial charge in [0.05, 0.1) is 17.7 Å². The Bertz CT molecular complexity index is 792. The number of fused-ring (bicyclic) bond motifs is 1. The maximum absolute atomic E-state index is 12.4. The molecular weight excluding hydrogens is 316 g/mol. The maximum Gasteiger partial charge on any atom is 0.271 e. The Morgan fingerprint density at radius 3 is 2.75 bits per heavy atom. The molecule has 0 unspecified atom stereocenters. The molecule has 0 aliphatic carbocycles. The van der Waals surface area contributed by atoms with Crippen LogP contribution in [0.5, 0.6) is 17.2 Å². The van der Waals surface area contributed by atoms with Crippen LogP contribution in [-0.2, 0) is 4.79 Å². The van der Waals surface area contributed by atoms with Crippen LogP contribution >= 0.6 is 0 Å². The summed E-state index contributed by atoms with van der Waals surface area (Å²) in [6.07, 6.45) is -0.871. The van der Waals surface area contributed by atoms with Crippen LogP contribution in [-0.4, -0.2) is 30.7 Å². The molecule has 2 aromatic carbocycles. The molecule has 1 N–H and O–H groups in total. The first-order chi connectivity index (χ1) is 11.6. The molecule has 1 atom stereocenters. The Morgan fingerprint density at radius 1 is 1.29 bits per heavy atom. The Labute approximate surface area is 137 Å². The second-order valence-corrected chi connectivity index (χ2v) is 5.00. The van der Waals surface area contributed by atoms with Crippen molar-refractivity contribution in [2.45, 2.75) is 6.10 Å². The lowest BCUT2D eigenvalue weighted by Crippen LogP contribution is -2.40. The molecule has 0 saturated heterocycles. The van der Waals surface area contributed by atoms with Crippen LogP contribution in [0.25, 0.3) is 0 Å². The van der Waals surface area contributed by atoms with Gasteiger partial charge in [-0.05, 0) is 18.2 Å². The van der Waals surface area contributed by atoms with E-state index in [1.807, 2.05) is 0 Å². The number of nitro groups is 1. The van der Waals surface area contributed by atoms with Crippen LogP contribution in [0, 0.1) is 10.1 Å². The number of nitro benzene ring substituents is 1. The van der Waals surface area contributed by atoms with Crippen LogP contribution < -0.4 is 19.5 Å². The lowest BCUT2D eigenvalue weighted by atomic mass is 10.2. The highest BCUT2D eigenvalue weighted by atomic mass is 16.6. The van der Waals surface area contributed by atoms with Gasteiger partial charge in [0.1, 0.15) is 12.4 Å². The zero-order chi connectivity index (χ0) is 17.1. The van der Waals surface area contributed by atoms with Gasteiger partial charge < -0.3 is 19.5 Å². The second-order valence-electron chi connectivity index (χ2n) is 5.00. The van der Waals surface area contributed by atoms with Crippen LogP contribution in [0.1, 0.15) is 0 Å². The molecule has 8 nitrogen and oxygen atoms in total. The van der Waals surface area contributed by atoms with Crippen molar-refractivity contribution in [2.75, 3.05) is 19.0 Å². The van der Waals surface area contributed by atoms with E-state index in [4.69, 9.17) is 14.2 Å². The van der Waals surface area contributed by atoms with E-state index in [2.05, 4.69) is 5.32 Å². The SMILES string of the molecule is COc1ccc([N+](=O)[O-])cc1NC(=O)[C@H]1COc2ccccc2O1. The maximum atomic E-state index is 12.4. The van der Waals surface area contributed by atoms with E-state index in [9.17, 15) is 14.9 Å². The minimum Gasteiger partial charge on any atom is -0.495 e. The third-order valence-electron chi connectivity index (χ3n) is 3.45. The van der Waals surface area contributed by atoms with E-state index < -0.39 is 16.9 Å². The van der Waals surface area contributed by atoms with Gasteiger partial charge in [-0.25, -0.2) is 0 Å². The molecule has 0 fully saturated rings. The van der Waals surface area contributed by atoms with Crippen LogP contribution in [0.4, 0.5) is 11.4 Å². The van der Waals surface area contributed by atoms with Crippen LogP contribution in [0.2, 0.25) is 0 Å². The Hall–Kier alpha value is -3.29. The molecule has 124 valence electrons. The summed E-state index contributed by atoms with van der Waals surface area (Å²) in [5.74, 6) is 0.860. The number of carbonyl (C=O) groups excluding carboxylic acids is 1. The van der Waals surface area contributed by atoms with E-state index in [1.165, 1.54) is 25.3 Å². The molecule has 24 heavy (non-hydrogen) atoms. The summed E-state index contributed by atoms with van der Waals surface area (Å²) in [4.78, 5) is 22.7. The summed E-state index contributed by atoms with van der Waals surface area (Å²) in [6.45, 7) is 0.0418. The lowest BCUT2D eigenvalue weighted by Gasteiger charge is -2.25. The first kappa shape index (κ1) is 15.6. The van der Waals surface area contributed by atoms with Crippen molar-refractivity contribution < 1.29 is 23.9 Å². The van der Waals surface area contributed by atoms with Gasteiger partial charge in [0.15, 0.2) is 11.5 Å². The molecule has 2 aromatic rings. The average Bonchev–Trinajstić information content (AvgIpc) is 2.61. The van der Waals surface area contributed by atoms with E-state index in [-0.39, 0.29) is 18.0 Å². The van der Waals surface area contributed by atoms with Gasteiger partial charge in [-0.2, -0.15) is 0 Å². The fraction of sp³-hybridized carbons (Fsp3) is 0.188. The number of rotatable bonds is 4. The van der Waals surface area contributed by atoms with Gasteiger partial charge >= 0.3 is 0 Å². The highest BCUT2D eigenvalue weighted by Gasteiger charge is 2.28. The van der Waals surface area contributed by atoms with Gasteiger partial charge in [-0.1, -0.05) is 12.1 Å². The van der Waals surface area contributed by atoms with Crippen molar-refractivity contribution in [1.29, 1.82) is 0 Å². The van der Waals surface area contributed by atoms with Crippen molar-refractivity contribution in [1.82, 2.24) is 0 Å². The number of hydrogen-bond donors (Lipinski definition) is 1. The summed E-state index contributed by atoms with van der Waals surface area (Å²) in [5, 5.41) is 13.5. The van der Waals surface area contributed by atoms with Crippen LogP contribution in [0.15, 0.2) is 42.5 Å². The zero-order valence-electron chi connectivity index (χ0n) is 12.7. The van der Waals surface area contributed by atoms with Gasteiger partial charge in [0.25, 0.3) is 11.6 Å². The summed E-state index contributed by atoms with van der Waals surface area (Å²) in [7, 11) is 1.41. The van der Waals surface area contributed by atoms with E-state index in [1.54, 1.807) is 24.3 Å². The molecule has 1 aliphatic heterocycles. The largest absolute Gasteiger partial charge is 0.495 e. The summed E-state index contributed by atoms with van der Waals surface area (Å²) in [6, 6.07) is 11.0. The molecule has 1 heterocycles. The number of anilines is 1. The summed E-state index contributed by atoms with van der Waals surface area (Å²) < 4.78 is 16.2. The van der Waals surface area contributed by atoms with Crippen molar-refractivity contribution >= 4 is 17.3 Å². The molecule has 1 aliphatic rings. The average molecular weight is 330 g/mol. The lowest BCUT2D eigenvalue weighted by molar-refractivity contribution is -0.384. The number of nitrogens with zero attached hydrogens (tertiary/aromatic N) is 1. The smallest absolute Gasteiger partial charge is 0.271 e. The predicted molar refractivity (Wildman–Crippen MR) is 84.6 cm³/mol. The number of methoxy groups -OCH3 is 1. The number of nitrogens with one attached hydrogen (secondary N) is 1. The van der Waals surface area contributed by atoms with Crippen molar-refractivity contribution in [2.24, 2.45) is 0 Å². The topological polar surface area (TPSA) is 99.9 Å². The molecule has 0 spiro atoms. The van der Waals surface area contributed by atoms with E-state index in [0.717, 1.165) is 0 Å². The molecule has 8 heteroatoms. The molecule has 1 amide bonds. The fourth-order valence-corrected chi connectivity index (χ4v) is 2.27. The minimum atomic E-state index is -0.871. The molecular formula is C16H14N2O6. The number of para-hydroxylation sites is 2.